The van der Waals surface area contributed by atoms with Crippen molar-refractivity contribution in [3.63, 3.8) is 0 Å². The van der Waals surface area contributed by atoms with E-state index >= 15 is 0 Å². The van der Waals surface area contributed by atoms with Crippen LogP contribution in [0.25, 0.3) is 0 Å². The van der Waals surface area contributed by atoms with Crippen LogP contribution in [0.5, 0.6) is 0 Å². The molecule has 0 bridgehead atoms. The number of pyridine rings is 1. The van der Waals surface area contributed by atoms with Crippen molar-refractivity contribution in [1.82, 2.24) is 0 Å². The van der Waals surface area contributed by atoms with Crippen LogP contribution in [0.15, 0.2) is 48.8 Å². The number of anilines is 1. The Morgan fingerprint density at radius 3 is 2.19 bits per heavy atom. The number of carbonyl (C=O) groups excluding carboxylic acids is 1. The van der Waals surface area contributed by atoms with Crippen molar-refractivity contribution in [3.8, 4) is 0 Å². The second-order valence-corrected chi connectivity index (χ2v) is 5.00. The van der Waals surface area contributed by atoms with Crippen LogP contribution in [0, 0.1) is 13.8 Å². The van der Waals surface area contributed by atoms with Gasteiger partial charge in [0.25, 0.3) is 5.91 Å². The molecule has 0 saturated carbocycles. The number of benzene rings is 1. The summed E-state index contributed by atoms with van der Waals surface area (Å²) in [5.74, 6) is 0.0288. The molecule has 0 saturated heterocycles. The van der Waals surface area contributed by atoms with Gasteiger partial charge in [-0.15, -0.1) is 0 Å². The molecule has 107 valence electrons. The van der Waals surface area contributed by atoms with Crippen LogP contribution < -0.4 is 9.88 Å². The molecule has 0 fully saturated rings. The Labute approximate surface area is 151 Å². The van der Waals surface area contributed by atoms with Gasteiger partial charge in [0.1, 0.15) is 0 Å². The van der Waals surface area contributed by atoms with Crippen LogP contribution in [0.4, 0.5) is 5.69 Å². The molecular formula is C17H21N2OY+. The zero-order chi connectivity index (χ0) is 14.5. The van der Waals surface area contributed by atoms with Crippen molar-refractivity contribution in [3.05, 3.63) is 59.9 Å². The summed E-state index contributed by atoms with van der Waals surface area (Å²) in [7, 11) is 0. The minimum absolute atomic E-state index is 0. The van der Waals surface area contributed by atoms with Crippen LogP contribution in [0.2, 0.25) is 0 Å². The number of hydrogen-bond acceptors (Lipinski definition) is 1. The second kappa shape index (κ2) is 8.40. The molecule has 0 aliphatic heterocycles. The van der Waals surface area contributed by atoms with Gasteiger partial charge in [-0.1, -0.05) is 31.2 Å². The van der Waals surface area contributed by atoms with Gasteiger partial charge in [-0.25, -0.2) is 0 Å². The number of para-hydroxylation sites is 1. The minimum Gasteiger partial charge on any atom is -0.320 e. The van der Waals surface area contributed by atoms with Gasteiger partial charge in [-0.3, -0.25) is 4.79 Å². The molecule has 2 aromatic rings. The van der Waals surface area contributed by atoms with Crippen LogP contribution in [0.1, 0.15) is 30.5 Å². The van der Waals surface area contributed by atoms with Crippen LogP contribution in [0.3, 0.4) is 0 Å². The van der Waals surface area contributed by atoms with E-state index in [-0.39, 0.29) is 44.7 Å². The third kappa shape index (κ3) is 4.45. The molecule has 1 aromatic heterocycles. The van der Waals surface area contributed by atoms with Gasteiger partial charge in [0.15, 0.2) is 12.4 Å². The maximum atomic E-state index is 12.5. The summed E-state index contributed by atoms with van der Waals surface area (Å²) in [6.45, 7) is 6.05. The van der Waals surface area contributed by atoms with E-state index in [9.17, 15) is 4.79 Å². The molecule has 1 N–H and O–H groups in total. The molecule has 3 nitrogen and oxygen atoms in total. The van der Waals surface area contributed by atoms with Gasteiger partial charge in [-0.2, -0.15) is 4.57 Å². The first-order valence-electron chi connectivity index (χ1n) is 6.96. The molecule has 1 unspecified atom stereocenters. The van der Waals surface area contributed by atoms with Crippen molar-refractivity contribution in [2.75, 3.05) is 5.32 Å². The van der Waals surface area contributed by atoms with E-state index in [4.69, 9.17) is 0 Å². The van der Waals surface area contributed by atoms with Crippen LogP contribution in [-0.2, 0) is 37.5 Å². The van der Waals surface area contributed by atoms with Crippen molar-refractivity contribution in [2.45, 2.75) is 33.2 Å². The SMILES string of the molecule is CCC(C(=O)Nc1c(C)cccc1C)[n+]1ccccc1.[Y]. The maximum absolute atomic E-state index is 12.5. The summed E-state index contributed by atoms with van der Waals surface area (Å²) in [6.07, 6.45) is 4.61. The average molecular weight is 358 g/mol. The number of nitrogens with zero attached hydrogens (tertiary/aromatic N) is 1. The Kier molecular flexibility index (Phi) is 7.20. The van der Waals surface area contributed by atoms with Gasteiger partial charge in [0.2, 0.25) is 6.04 Å². The Morgan fingerprint density at radius 2 is 1.67 bits per heavy atom. The Hall–Kier alpha value is -1.06. The van der Waals surface area contributed by atoms with E-state index in [1.54, 1.807) is 0 Å². The second-order valence-electron chi connectivity index (χ2n) is 5.00. The van der Waals surface area contributed by atoms with Gasteiger partial charge in [0, 0.05) is 57.0 Å². The molecule has 2 rings (SSSR count). The third-order valence-corrected chi connectivity index (χ3v) is 3.52. The van der Waals surface area contributed by atoms with Crippen LogP contribution >= 0.6 is 0 Å². The number of nitrogens with one attached hydrogen (secondary N) is 1. The van der Waals surface area contributed by atoms with Crippen molar-refractivity contribution in [2.24, 2.45) is 0 Å². The summed E-state index contributed by atoms with van der Waals surface area (Å²) < 4.78 is 1.95. The van der Waals surface area contributed by atoms with Crippen LogP contribution in [-0.4, -0.2) is 5.91 Å². The standard InChI is InChI=1S/C17H20N2O.Y/c1-4-15(19-11-6-5-7-12-19)17(20)18-16-13(2)9-8-10-14(16)3;/h5-12,15H,4H2,1-3H3;/p+1. The monoisotopic (exact) mass is 358 g/mol. The number of aromatic nitrogens is 1. The predicted octanol–water partition coefficient (Wildman–Crippen LogP) is 3.18. The van der Waals surface area contributed by atoms with Gasteiger partial charge in [0.05, 0.1) is 0 Å². The Balaban J connectivity index is 0.00000220. The molecular weight excluding hydrogens is 337 g/mol. The fourth-order valence-corrected chi connectivity index (χ4v) is 2.37. The van der Waals surface area contributed by atoms with E-state index in [1.807, 2.05) is 74.1 Å². The van der Waals surface area contributed by atoms with Gasteiger partial charge in [-0.05, 0) is 25.0 Å². The topological polar surface area (TPSA) is 33.0 Å². The summed E-state index contributed by atoms with van der Waals surface area (Å²) in [5, 5.41) is 3.07. The van der Waals surface area contributed by atoms with E-state index in [0.717, 1.165) is 23.2 Å². The fourth-order valence-electron chi connectivity index (χ4n) is 2.37. The number of hydrogen-bond donors (Lipinski definition) is 1. The number of aryl methyl sites for hydroxylation is 2. The number of amides is 1. The molecule has 1 radical (unpaired) electrons. The number of carbonyl (C=O) groups is 1. The molecule has 0 spiro atoms. The van der Waals surface area contributed by atoms with Crippen molar-refractivity contribution >= 4 is 11.6 Å². The quantitative estimate of drug-likeness (QED) is 0.837. The molecule has 0 aliphatic rings. The van der Waals surface area contributed by atoms with E-state index in [0.29, 0.717) is 0 Å². The van der Waals surface area contributed by atoms with Crippen molar-refractivity contribution in [1.29, 1.82) is 0 Å². The smallest absolute Gasteiger partial charge is 0.293 e. The Morgan fingerprint density at radius 1 is 1.10 bits per heavy atom. The summed E-state index contributed by atoms with van der Waals surface area (Å²) >= 11 is 0. The molecule has 1 amide bonds. The van der Waals surface area contributed by atoms with E-state index in [1.165, 1.54) is 0 Å². The predicted molar refractivity (Wildman–Crippen MR) is 80.5 cm³/mol. The number of rotatable bonds is 4. The maximum Gasteiger partial charge on any atom is 0.293 e. The molecule has 4 heteroatoms. The summed E-state index contributed by atoms with van der Waals surface area (Å²) in [6, 6.07) is 11.7. The molecule has 21 heavy (non-hydrogen) atoms. The largest absolute Gasteiger partial charge is 0.320 e. The van der Waals surface area contributed by atoms with Gasteiger partial charge >= 0.3 is 0 Å². The third-order valence-electron chi connectivity index (χ3n) is 3.52. The fraction of sp³-hybridized carbons (Fsp3) is 0.294. The zero-order valence-electron chi connectivity index (χ0n) is 12.8. The van der Waals surface area contributed by atoms with Crippen molar-refractivity contribution < 1.29 is 42.1 Å². The Bertz CT molecular complexity index is 579. The molecule has 1 aromatic carbocycles. The summed E-state index contributed by atoms with van der Waals surface area (Å²) in [4.78, 5) is 12.5. The van der Waals surface area contributed by atoms with Gasteiger partial charge < -0.3 is 5.32 Å². The average Bonchev–Trinajstić information content (AvgIpc) is 2.45. The zero-order valence-corrected chi connectivity index (χ0v) is 15.7. The molecule has 0 aliphatic carbocycles. The molecule has 1 heterocycles. The van der Waals surface area contributed by atoms with E-state index in [2.05, 4.69) is 5.32 Å². The first-order chi connectivity index (χ1) is 9.63. The van der Waals surface area contributed by atoms with E-state index < -0.39 is 0 Å². The summed E-state index contributed by atoms with van der Waals surface area (Å²) in [5.41, 5.74) is 3.10. The normalized spacial score (nSPS) is 11.4. The minimum atomic E-state index is -0.185. The molecule has 1 atom stereocenters. The first kappa shape index (κ1) is 18.0. The first-order valence-corrected chi connectivity index (χ1v) is 6.96.